The van der Waals surface area contributed by atoms with Crippen molar-refractivity contribution in [3.05, 3.63) is 29.8 Å². The van der Waals surface area contributed by atoms with Crippen molar-refractivity contribution in [1.82, 2.24) is 5.32 Å². The van der Waals surface area contributed by atoms with E-state index in [4.69, 9.17) is 4.74 Å². The molecule has 0 aliphatic rings. The van der Waals surface area contributed by atoms with Crippen LogP contribution in [-0.4, -0.2) is 12.6 Å². The van der Waals surface area contributed by atoms with Gasteiger partial charge in [0.25, 0.3) is 0 Å². The van der Waals surface area contributed by atoms with Gasteiger partial charge in [0, 0.05) is 6.04 Å². The Labute approximate surface area is 112 Å². The predicted octanol–water partition coefficient (Wildman–Crippen LogP) is 4.17. The minimum Gasteiger partial charge on any atom is -0.491 e. The molecule has 0 fully saturated rings. The van der Waals surface area contributed by atoms with Crippen molar-refractivity contribution in [3.63, 3.8) is 0 Å². The molecule has 0 radical (unpaired) electrons. The second-order valence-corrected chi connectivity index (χ2v) is 5.43. The van der Waals surface area contributed by atoms with Crippen LogP contribution in [0.25, 0.3) is 0 Å². The normalized spacial score (nSPS) is 14.6. The number of ether oxygens (including phenoxy) is 1. The molecule has 2 atom stereocenters. The van der Waals surface area contributed by atoms with Gasteiger partial charge in [-0.1, -0.05) is 32.9 Å². The molecular formula is C16H27NO. The second-order valence-electron chi connectivity index (χ2n) is 5.43. The maximum Gasteiger partial charge on any atom is 0.120 e. The van der Waals surface area contributed by atoms with Crippen LogP contribution >= 0.6 is 0 Å². The van der Waals surface area contributed by atoms with Crippen LogP contribution in [-0.2, 0) is 0 Å². The van der Waals surface area contributed by atoms with Gasteiger partial charge in [0.1, 0.15) is 5.75 Å². The standard InChI is InChI=1S/C16H27NO/c1-6-13(4)18-16-9-7-8-15(10-16)14(5)17-11-12(2)3/h7-10,12-14,17H,6,11H2,1-5H3/t13-,14+/m1/s1. The SMILES string of the molecule is CC[C@@H](C)Oc1cccc([C@H](C)NCC(C)C)c1. The Kier molecular flexibility index (Phi) is 6.20. The summed E-state index contributed by atoms with van der Waals surface area (Å²) in [5.74, 6) is 1.65. The molecule has 102 valence electrons. The van der Waals surface area contributed by atoms with Gasteiger partial charge in [-0.15, -0.1) is 0 Å². The highest BCUT2D eigenvalue weighted by Crippen LogP contribution is 2.20. The molecule has 0 aliphatic carbocycles. The van der Waals surface area contributed by atoms with Gasteiger partial charge < -0.3 is 10.1 Å². The van der Waals surface area contributed by atoms with Crippen molar-refractivity contribution in [2.45, 2.75) is 53.2 Å². The van der Waals surface area contributed by atoms with E-state index in [0.29, 0.717) is 12.0 Å². The lowest BCUT2D eigenvalue weighted by atomic mass is 10.1. The van der Waals surface area contributed by atoms with Gasteiger partial charge >= 0.3 is 0 Å². The quantitative estimate of drug-likeness (QED) is 0.783. The predicted molar refractivity (Wildman–Crippen MR) is 78.1 cm³/mol. The first-order valence-corrected chi connectivity index (χ1v) is 7.03. The molecule has 0 unspecified atom stereocenters. The Hall–Kier alpha value is -1.02. The molecule has 0 spiro atoms. The van der Waals surface area contributed by atoms with E-state index in [1.54, 1.807) is 0 Å². The van der Waals surface area contributed by atoms with E-state index in [2.05, 4.69) is 58.1 Å². The van der Waals surface area contributed by atoms with Crippen LogP contribution in [0, 0.1) is 5.92 Å². The molecule has 1 rings (SSSR count). The average Bonchev–Trinajstić information content (AvgIpc) is 2.36. The molecule has 0 saturated heterocycles. The van der Waals surface area contributed by atoms with Crippen molar-refractivity contribution in [2.75, 3.05) is 6.54 Å². The maximum atomic E-state index is 5.85. The number of hydrogen-bond acceptors (Lipinski definition) is 2. The third-order valence-corrected chi connectivity index (χ3v) is 3.10. The summed E-state index contributed by atoms with van der Waals surface area (Å²) in [5, 5.41) is 3.54. The lowest BCUT2D eigenvalue weighted by Gasteiger charge is -2.18. The zero-order valence-electron chi connectivity index (χ0n) is 12.4. The van der Waals surface area contributed by atoms with Crippen molar-refractivity contribution in [3.8, 4) is 5.75 Å². The fraction of sp³-hybridized carbons (Fsp3) is 0.625. The monoisotopic (exact) mass is 249 g/mol. The molecular weight excluding hydrogens is 222 g/mol. The molecule has 0 bridgehead atoms. The van der Waals surface area contributed by atoms with Crippen LogP contribution in [0.15, 0.2) is 24.3 Å². The van der Waals surface area contributed by atoms with Crippen molar-refractivity contribution >= 4 is 0 Å². The van der Waals surface area contributed by atoms with E-state index in [9.17, 15) is 0 Å². The molecule has 0 saturated carbocycles. The van der Waals surface area contributed by atoms with Crippen molar-refractivity contribution in [1.29, 1.82) is 0 Å². The van der Waals surface area contributed by atoms with E-state index in [0.717, 1.165) is 18.7 Å². The van der Waals surface area contributed by atoms with Crippen LogP contribution in [0.1, 0.15) is 52.6 Å². The summed E-state index contributed by atoms with van der Waals surface area (Å²) >= 11 is 0. The van der Waals surface area contributed by atoms with Crippen LogP contribution in [0.4, 0.5) is 0 Å². The van der Waals surface area contributed by atoms with E-state index in [1.807, 2.05) is 6.07 Å². The van der Waals surface area contributed by atoms with Gasteiger partial charge in [-0.25, -0.2) is 0 Å². The third kappa shape index (κ3) is 5.09. The lowest BCUT2D eigenvalue weighted by Crippen LogP contribution is -2.23. The van der Waals surface area contributed by atoms with E-state index in [-0.39, 0.29) is 6.10 Å². The van der Waals surface area contributed by atoms with Gasteiger partial charge in [-0.2, -0.15) is 0 Å². The molecule has 0 aliphatic heterocycles. The molecule has 18 heavy (non-hydrogen) atoms. The zero-order chi connectivity index (χ0) is 13.5. The smallest absolute Gasteiger partial charge is 0.120 e. The summed E-state index contributed by atoms with van der Waals surface area (Å²) in [6.07, 6.45) is 1.31. The van der Waals surface area contributed by atoms with Crippen LogP contribution < -0.4 is 10.1 Å². The van der Waals surface area contributed by atoms with E-state index in [1.165, 1.54) is 5.56 Å². The molecule has 0 amide bonds. The van der Waals surface area contributed by atoms with Crippen LogP contribution in [0.5, 0.6) is 5.75 Å². The number of benzene rings is 1. The first kappa shape index (κ1) is 15.0. The summed E-state index contributed by atoms with van der Waals surface area (Å²) in [5.41, 5.74) is 1.29. The van der Waals surface area contributed by atoms with E-state index < -0.39 is 0 Å². The largest absolute Gasteiger partial charge is 0.491 e. The summed E-state index contributed by atoms with van der Waals surface area (Å²) < 4.78 is 5.85. The summed E-state index contributed by atoms with van der Waals surface area (Å²) in [4.78, 5) is 0. The highest BCUT2D eigenvalue weighted by molar-refractivity contribution is 5.30. The van der Waals surface area contributed by atoms with Gasteiger partial charge in [0.15, 0.2) is 0 Å². The summed E-state index contributed by atoms with van der Waals surface area (Å²) in [6.45, 7) is 11.9. The molecule has 2 nitrogen and oxygen atoms in total. The third-order valence-electron chi connectivity index (χ3n) is 3.10. The topological polar surface area (TPSA) is 21.3 Å². The number of nitrogens with one attached hydrogen (secondary N) is 1. The Morgan fingerprint density at radius 2 is 1.89 bits per heavy atom. The minimum atomic E-state index is 0.277. The van der Waals surface area contributed by atoms with Crippen LogP contribution in [0.2, 0.25) is 0 Å². The first-order chi connectivity index (χ1) is 8.52. The Morgan fingerprint density at radius 1 is 1.17 bits per heavy atom. The fourth-order valence-electron chi connectivity index (χ4n) is 1.70. The number of hydrogen-bond donors (Lipinski definition) is 1. The molecule has 0 aromatic heterocycles. The van der Waals surface area contributed by atoms with Gasteiger partial charge in [-0.05, 0) is 50.4 Å². The van der Waals surface area contributed by atoms with Gasteiger partial charge in [0.05, 0.1) is 6.10 Å². The first-order valence-electron chi connectivity index (χ1n) is 7.03. The molecule has 2 heteroatoms. The second kappa shape index (κ2) is 7.42. The average molecular weight is 249 g/mol. The summed E-state index contributed by atoms with van der Waals surface area (Å²) in [7, 11) is 0. The maximum absolute atomic E-state index is 5.85. The van der Waals surface area contributed by atoms with Gasteiger partial charge in [-0.3, -0.25) is 0 Å². The van der Waals surface area contributed by atoms with Crippen LogP contribution in [0.3, 0.4) is 0 Å². The molecule has 1 aromatic rings. The molecule has 1 N–H and O–H groups in total. The fourth-order valence-corrected chi connectivity index (χ4v) is 1.70. The van der Waals surface area contributed by atoms with Crippen molar-refractivity contribution in [2.24, 2.45) is 5.92 Å². The Bertz CT molecular complexity index is 349. The lowest BCUT2D eigenvalue weighted by molar-refractivity contribution is 0.217. The highest BCUT2D eigenvalue weighted by Gasteiger charge is 2.07. The Balaban J connectivity index is 2.63. The molecule has 0 heterocycles. The molecule has 1 aromatic carbocycles. The summed E-state index contributed by atoms with van der Waals surface area (Å²) in [6, 6.07) is 8.77. The van der Waals surface area contributed by atoms with Crippen molar-refractivity contribution < 1.29 is 4.74 Å². The Morgan fingerprint density at radius 3 is 2.50 bits per heavy atom. The number of rotatable bonds is 7. The van der Waals surface area contributed by atoms with E-state index >= 15 is 0 Å². The van der Waals surface area contributed by atoms with Gasteiger partial charge in [0.2, 0.25) is 0 Å². The minimum absolute atomic E-state index is 0.277. The highest BCUT2D eigenvalue weighted by atomic mass is 16.5. The zero-order valence-corrected chi connectivity index (χ0v) is 12.4.